The molecule has 1 aromatic heterocycles. The summed E-state index contributed by atoms with van der Waals surface area (Å²) in [5.41, 5.74) is 0.294. The highest BCUT2D eigenvalue weighted by Gasteiger charge is 2.33. The average molecular weight is 315 g/mol. The number of aliphatic carboxylic acids is 1. The van der Waals surface area contributed by atoms with Crippen molar-refractivity contribution >= 4 is 22.8 Å². The second-order valence-corrected chi connectivity index (χ2v) is 5.74. The molecule has 0 bridgehead atoms. The van der Waals surface area contributed by atoms with Crippen molar-refractivity contribution in [2.45, 2.75) is 31.8 Å². The number of fused-ring (bicyclic) bond motifs is 1. The summed E-state index contributed by atoms with van der Waals surface area (Å²) in [4.78, 5) is 39.8. The fourth-order valence-electron chi connectivity index (χ4n) is 3.05. The molecule has 0 radical (unpaired) electrons. The maximum absolute atomic E-state index is 12.3. The van der Waals surface area contributed by atoms with Gasteiger partial charge in [0.05, 0.1) is 23.1 Å². The summed E-state index contributed by atoms with van der Waals surface area (Å²) in [5.74, 6) is -1.81. The van der Waals surface area contributed by atoms with Crippen LogP contribution in [0.5, 0.6) is 0 Å². The molecule has 1 fully saturated rings. The Bertz CT molecular complexity index is 814. The second kappa shape index (κ2) is 6.20. The molecule has 1 saturated carbocycles. The number of amides is 1. The van der Waals surface area contributed by atoms with Crippen LogP contribution in [0.25, 0.3) is 10.9 Å². The van der Waals surface area contributed by atoms with Crippen LogP contribution in [0.2, 0.25) is 0 Å². The minimum absolute atomic E-state index is 0.167. The second-order valence-electron chi connectivity index (χ2n) is 5.74. The lowest BCUT2D eigenvalue weighted by molar-refractivity contribution is -0.142. The Hall–Kier alpha value is -2.70. The number of carboxylic acids is 1. The smallest absolute Gasteiger partial charge is 0.308 e. The Morgan fingerprint density at radius 3 is 2.87 bits per heavy atom. The summed E-state index contributed by atoms with van der Waals surface area (Å²) in [6.45, 7) is -0.167. The van der Waals surface area contributed by atoms with Gasteiger partial charge < -0.3 is 10.4 Å². The molecule has 0 spiro atoms. The molecule has 0 aliphatic heterocycles. The van der Waals surface area contributed by atoms with Crippen LogP contribution in [-0.2, 0) is 16.1 Å². The van der Waals surface area contributed by atoms with E-state index in [4.69, 9.17) is 5.11 Å². The molecule has 1 aliphatic carbocycles. The molecule has 2 atom stereocenters. The van der Waals surface area contributed by atoms with Gasteiger partial charge in [0.25, 0.3) is 5.56 Å². The van der Waals surface area contributed by atoms with E-state index in [-0.39, 0.29) is 24.1 Å². The molecule has 1 aliphatic rings. The first-order valence-electron chi connectivity index (χ1n) is 7.52. The number of carbonyl (C=O) groups excluding carboxylic acids is 1. The predicted octanol–water partition coefficient (Wildman–Crippen LogP) is 0.766. The summed E-state index contributed by atoms with van der Waals surface area (Å²) >= 11 is 0. The van der Waals surface area contributed by atoms with Gasteiger partial charge in [-0.2, -0.15) is 0 Å². The Morgan fingerprint density at radius 1 is 1.30 bits per heavy atom. The number of rotatable bonds is 4. The van der Waals surface area contributed by atoms with Crippen molar-refractivity contribution < 1.29 is 14.7 Å². The number of benzene rings is 1. The molecule has 3 rings (SSSR count). The molecule has 2 N–H and O–H groups in total. The SMILES string of the molecule is O=C(Cn1cnc2ccccc2c1=O)N[C@H]1CCC[C@H]1C(=O)O. The zero-order chi connectivity index (χ0) is 16.4. The van der Waals surface area contributed by atoms with Crippen LogP contribution < -0.4 is 10.9 Å². The van der Waals surface area contributed by atoms with Crippen molar-refractivity contribution in [3.8, 4) is 0 Å². The van der Waals surface area contributed by atoms with Crippen molar-refractivity contribution in [3.63, 3.8) is 0 Å². The Kier molecular flexibility index (Phi) is 4.10. The lowest BCUT2D eigenvalue weighted by atomic mass is 10.0. The van der Waals surface area contributed by atoms with Gasteiger partial charge in [0, 0.05) is 6.04 Å². The van der Waals surface area contributed by atoms with E-state index in [1.54, 1.807) is 24.3 Å². The zero-order valence-corrected chi connectivity index (χ0v) is 12.4. The van der Waals surface area contributed by atoms with Crippen molar-refractivity contribution in [2.75, 3.05) is 0 Å². The van der Waals surface area contributed by atoms with Gasteiger partial charge in [0.1, 0.15) is 6.54 Å². The molecular weight excluding hydrogens is 298 g/mol. The maximum Gasteiger partial charge on any atom is 0.308 e. The van der Waals surface area contributed by atoms with Gasteiger partial charge in [0.2, 0.25) is 5.91 Å². The fourth-order valence-corrected chi connectivity index (χ4v) is 3.05. The number of hydrogen-bond acceptors (Lipinski definition) is 4. The largest absolute Gasteiger partial charge is 0.481 e. The topological polar surface area (TPSA) is 101 Å². The summed E-state index contributed by atoms with van der Waals surface area (Å²) in [6.07, 6.45) is 3.33. The number of hydrogen-bond donors (Lipinski definition) is 2. The van der Waals surface area contributed by atoms with Crippen LogP contribution in [-0.4, -0.2) is 32.6 Å². The Labute approximate surface area is 132 Å². The Balaban J connectivity index is 1.74. The minimum Gasteiger partial charge on any atom is -0.481 e. The van der Waals surface area contributed by atoms with Gasteiger partial charge in [-0.15, -0.1) is 0 Å². The third kappa shape index (κ3) is 3.08. The standard InChI is InChI=1S/C16H17N3O4/c20-14(18-13-7-3-5-11(13)16(22)23)8-19-9-17-12-6-2-1-4-10(12)15(19)21/h1-2,4,6,9,11,13H,3,5,7-8H2,(H,18,20)(H,22,23)/t11-,13+/m1/s1. The van der Waals surface area contributed by atoms with Gasteiger partial charge in [-0.05, 0) is 25.0 Å². The quantitative estimate of drug-likeness (QED) is 0.867. The lowest BCUT2D eigenvalue weighted by Crippen LogP contribution is -2.42. The minimum atomic E-state index is -0.891. The number of nitrogens with zero attached hydrogens (tertiary/aromatic N) is 2. The molecular formula is C16H17N3O4. The maximum atomic E-state index is 12.3. The van der Waals surface area contributed by atoms with Crippen LogP contribution in [0, 0.1) is 5.92 Å². The van der Waals surface area contributed by atoms with E-state index < -0.39 is 11.9 Å². The van der Waals surface area contributed by atoms with E-state index in [9.17, 15) is 14.4 Å². The normalized spacial score (nSPS) is 20.5. The van der Waals surface area contributed by atoms with Crippen LogP contribution in [0.3, 0.4) is 0 Å². The molecule has 7 heteroatoms. The lowest BCUT2D eigenvalue weighted by Gasteiger charge is -2.17. The molecule has 1 heterocycles. The predicted molar refractivity (Wildman–Crippen MR) is 82.9 cm³/mol. The number of nitrogens with one attached hydrogen (secondary N) is 1. The van der Waals surface area contributed by atoms with E-state index >= 15 is 0 Å². The summed E-state index contributed by atoms with van der Waals surface area (Å²) < 4.78 is 1.24. The molecule has 1 aromatic carbocycles. The van der Waals surface area contributed by atoms with Gasteiger partial charge in [-0.3, -0.25) is 19.0 Å². The van der Waals surface area contributed by atoms with Gasteiger partial charge in [-0.1, -0.05) is 18.6 Å². The highest BCUT2D eigenvalue weighted by Crippen LogP contribution is 2.25. The molecule has 23 heavy (non-hydrogen) atoms. The third-order valence-electron chi connectivity index (χ3n) is 4.23. The Morgan fingerprint density at radius 2 is 2.09 bits per heavy atom. The first kappa shape index (κ1) is 15.2. The van der Waals surface area contributed by atoms with Crippen LogP contribution in [0.15, 0.2) is 35.4 Å². The molecule has 0 saturated heterocycles. The summed E-state index contributed by atoms with van der Waals surface area (Å²) in [5, 5.41) is 12.3. The van der Waals surface area contributed by atoms with E-state index in [2.05, 4.69) is 10.3 Å². The van der Waals surface area contributed by atoms with Crippen molar-refractivity contribution in [3.05, 3.63) is 40.9 Å². The molecule has 7 nitrogen and oxygen atoms in total. The third-order valence-corrected chi connectivity index (χ3v) is 4.23. The van der Waals surface area contributed by atoms with E-state index in [1.807, 2.05) is 0 Å². The zero-order valence-electron chi connectivity index (χ0n) is 12.4. The molecule has 2 aromatic rings. The van der Waals surface area contributed by atoms with Gasteiger partial charge in [0.15, 0.2) is 0 Å². The van der Waals surface area contributed by atoms with E-state index in [0.717, 1.165) is 6.42 Å². The highest BCUT2D eigenvalue weighted by atomic mass is 16.4. The molecule has 120 valence electrons. The number of carbonyl (C=O) groups is 2. The van der Waals surface area contributed by atoms with Crippen LogP contribution >= 0.6 is 0 Å². The van der Waals surface area contributed by atoms with Crippen molar-refractivity contribution in [2.24, 2.45) is 5.92 Å². The van der Waals surface area contributed by atoms with E-state index in [1.165, 1.54) is 10.9 Å². The van der Waals surface area contributed by atoms with Crippen LogP contribution in [0.1, 0.15) is 19.3 Å². The van der Waals surface area contributed by atoms with Crippen LogP contribution in [0.4, 0.5) is 0 Å². The fraction of sp³-hybridized carbons (Fsp3) is 0.375. The average Bonchev–Trinajstić information content (AvgIpc) is 2.98. The van der Waals surface area contributed by atoms with Gasteiger partial charge >= 0.3 is 5.97 Å². The number of para-hydroxylation sites is 1. The number of aromatic nitrogens is 2. The highest BCUT2D eigenvalue weighted by molar-refractivity contribution is 5.80. The van der Waals surface area contributed by atoms with Crippen molar-refractivity contribution in [1.82, 2.24) is 14.9 Å². The molecule has 0 unspecified atom stereocenters. The number of carboxylic acid groups (broad SMARTS) is 1. The summed E-state index contributed by atoms with van der Waals surface area (Å²) in [7, 11) is 0. The molecule has 1 amide bonds. The van der Waals surface area contributed by atoms with E-state index in [0.29, 0.717) is 23.7 Å². The monoisotopic (exact) mass is 315 g/mol. The van der Waals surface area contributed by atoms with Crippen molar-refractivity contribution in [1.29, 1.82) is 0 Å². The summed E-state index contributed by atoms with van der Waals surface area (Å²) in [6, 6.07) is 6.56. The van der Waals surface area contributed by atoms with Gasteiger partial charge in [-0.25, -0.2) is 4.98 Å². The first-order chi connectivity index (χ1) is 11.1. The first-order valence-corrected chi connectivity index (χ1v) is 7.52.